The Morgan fingerprint density at radius 1 is 1.19 bits per heavy atom. The Balaban J connectivity index is 0.00000119. The zero-order valence-corrected chi connectivity index (χ0v) is 20.3. The quantitative estimate of drug-likeness (QED) is 0.504. The summed E-state index contributed by atoms with van der Waals surface area (Å²) in [6.07, 6.45) is 10.8. The van der Waals surface area contributed by atoms with Gasteiger partial charge in [-0.25, -0.2) is 14.9 Å². The first-order valence-electron chi connectivity index (χ1n) is 11.2. The van der Waals surface area contributed by atoms with E-state index in [9.17, 15) is 0 Å². The summed E-state index contributed by atoms with van der Waals surface area (Å²) in [4.78, 5) is 5.10. The van der Waals surface area contributed by atoms with Gasteiger partial charge in [0, 0.05) is 30.4 Å². The molecule has 0 saturated heterocycles. The fourth-order valence-electron chi connectivity index (χ4n) is 4.61. The van der Waals surface area contributed by atoms with Gasteiger partial charge < -0.3 is 11.5 Å². The summed E-state index contributed by atoms with van der Waals surface area (Å²) in [5.41, 5.74) is 20.6. The molecule has 1 aliphatic carbocycles. The van der Waals surface area contributed by atoms with Crippen molar-refractivity contribution in [3.05, 3.63) is 64.2 Å². The van der Waals surface area contributed by atoms with Crippen LogP contribution in [-0.4, -0.2) is 34.7 Å². The van der Waals surface area contributed by atoms with Crippen LogP contribution in [-0.2, 0) is 0 Å². The smallest absolute Gasteiger partial charge is 0.162 e. The maximum absolute atomic E-state index is 5.88. The molecule has 2 aromatic heterocycles. The van der Waals surface area contributed by atoms with E-state index in [1.54, 1.807) is 0 Å². The number of nitrogens with zero attached hydrogens (tertiary/aromatic N) is 4. The number of hydrogen-bond acceptors (Lipinski definition) is 6. The molecule has 3 aromatic rings. The molecule has 1 fully saturated rings. The molecule has 7 nitrogen and oxygen atoms in total. The van der Waals surface area contributed by atoms with Gasteiger partial charge in [-0.3, -0.25) is 5.01 Å². The fraction of sp³-hybridized carbons (Fsp3) is 0.417. The van der Waals surface area contributed by atoms with Gasteiger partial charge in [-0.05, 0) is 91.3 Å². The summed E-state index contributed by atoms with van der Waals surface area (Å²) in [7, 11) is 1.50. The zero-order valence-electron chi connectivity index (χ0n) is 18.8. The maximum atomic E-state index is 5.88. The predicted molar refractivity (Wildman–Crippen MR) is 134 cm³/mol. The molecule has 0 amide bonds. The van der Waals surface area contributed by atoms with Crippen molar-refractivity contribution in [2.45, 2.75) is 38.5 Å². The van der Waals surface area contributed by atoms with E-state index >= 15 is 0 Å². The Kier molecular flexibility index (Phi) is 7.25. The topological polar surface area (TPSA) is 97.5 Å². The van der Waals surface area contributed by atoms with Crippen molar-refractivity contribution in [3.63, 3.8) is 0 Å². The lowest BCUT2D eigenvalue weighted by atomic mass is 9.80. The van der Waals surface area contributed by atoms with Crippen LogP contribution in [0.5, 0.6) is 0 Å². The molecular formula is C24H32BrN7. The Morgan fingerprint density at radius 3 is 2.69 bits per heavy atom. The second kappa shape index (κ2) is 10.1. The summed E-state index contributed by atoms with van der Waals surface area (Å²) in [5, 5.41) is 6.65. The molecule has 8 heteroatoms. The number of hydrazine groups is 1. The van der Waals surface area contributed by atoms with Gasteiger partial charge in [-0.15, -0.1) is 0 Å². The largest absolute Gasteiger partial charge is 0.333 e. The van der Waals surface area contributed by atoms with Crippen LogP contribution in [0.4, 0.5) is 5.69 Å². The summed E-state index contributed by atoms with van der Waals surface area (Å²) in [5.74, 6) is 1.14. The van der Waals surface area contributed by atoms with Crippen LogP contribution in [0.25, 0.3) is 11.2 Å². The summed E-state index contributed by atoms with van der Waals surface area (Å²) >= 11 is 3.74. The van der Waals surface area contributed by atoms with Crippen molar-refractivity contribution in [1.29, 1.82) is 0 Å². The van der Waals surface area contributed by atoms with Crippen LogP contribution in [0.3, 0.4) is 0 Å². The minimum Gasteiger partial charge on any atom is -0.333 e. The molecule has 2 aliphatic rings. The van der Waals surface area contributed by atoms with Gasteiger partial charge in [0.25, 0.3) is 0 Å². The van der Waals surface area contributed by atoms with Crippen molar-refractivity contribution in [2.24, 2.45) is 17.4 Å². The number of aryl methyl sites for hydroxylation is 1. The highest BCUT2D eigenvalue weighted by Crippen LogP contribution is 2.38. The summed E-state index contributed by atoms with van der Waals surface area (Å²) in [6.45, 7) is 3.66. The zero-order chi connectivity index (χ0) is 22.7. The second-order valence-electron chi connectivity index (χ2n) is 8.45. The van der Waals surface area contributed by atoms with Crippen molar-refractivity contribution < 1.29 is 0 Å². The van der Waals surface area contributed by atoms with Crippen LogP contribution >= 0.6 is 15.9 Å². The van der Waals surface area contributed by atoms with Gasteiger partial charge in [0.2, 0.25) is 0 Å². The summed E-state index contributed by atoms with van der Waals surface area (Å²) < 4.78 is 2.92. The standard InChI is InChI=1S/C23H27BrN6.CH5N/c1-15-3-2-4-19(9-15)29-13-18(11-26-29)20-12-27-30-14-21(24)22(28-23(20)30)17-7-5-16(10-25)6-8-17;1-2/h2-4,9,12-14,16-17,26H,5-8,10-11,25H2,1H3;2H2,1H3. The van der Waals surface area contributed by atoms with E-state index in [-0.39, 0.29) is 0 Å². The molecule has 0 spiro atoms. The second-order valence-corrected chi connectivity index (χ2v) is 9.31. The van der Waals surface area contributed by atoms with E-state index in [1.165, 1.54) is 31.0 Å². The molecule has 170 valence electrons. The Labute approximate surface area is 198 Å². The first-order valence-corrected chi connectivity index (χ1v) is 12.0. The third kappa shape index (κ3) is 4.59. The van der Waals surface area contributed by atoms with Crippen LogP contribution in [0.15, 0.2) is 47.3 Å². The molecule has 5 N–H and O–H groups in total. The number of hydrogen-bond donors (Lipinski definition) is 3. The maximum Gasteiger partial charge on any atom is 0.162 e. The van der Waals surface area contributed by atoms with Crippen molar-refractivity contribution in [2.75, 3.05) is 25.1 Å². The summed E-state index contributed by atoms with van der Waals surface area (Å²) in [6, 6.07) is 8.48. The lowest BCUT2D eigenvalue weighted by molar-refractivity contribution is 0.329. The molecule has 0 unspecified atom stereocenters. The highest BCUT2D eigenvalue weighted by Gasteiger charge is 2.26. The SMILES string of the molecule is CN.Cc1cccc(N2C=C(c3cnn4cc(Br)c(C5CCC(CN)CC5)nc34)CN2)c1. The van der Waals surface area contributed by atoms with Crippen LogP contribution in [0.1, 0.15) is 48.4 Å². The lowest BCUT2D eigenvalue weighted by Gasteiger charge is -2.27. The highest BCUT2D eigenvalue weighted by molar-refractivity contribution is 9.10. The number of aromatic nitrogens is 3. The predicted octanol–water partition coefficient (Wildman–Crippen LogP) is 3.97. The molecule has 1 aromatic carbocycles. The first kappa shape index (κ1) is 22.9. The number of nitrogens with one attached hydrogen (secondary N) is 1. The monoisotopic (exact) mass is 497 g/mol. The molecule has 1 aliphatic heterocycles. The van der Waals surface area contributed by atoms with Crippen LogP contribution in [0, 0.1) is 12.8 Å². The third-order valence-corrected chi connectivity index (χ3v) is 7.00. The number of benzene rings is 1. The van der Waals surface area contributed by atoms with E-state index in [2.05, 4.69) is 80.8 Å². The van der Waals surface area contributed by atoms with E-state index in [1.807, 2.05) is 10.7 Å². The van der Waals surface area contributed by atoms with Crippen molar-refractivity contribution in [3.8, 4) is 0 Å². The molecule has 0 atom stereocenters. The molecular weight excluding hydrogens is 466 g/mol. The van der Waals surface area contributed by atoms with E-state index in [0.717, 1.165) is 53.0 Å². The highest BCUT2D eigenvalue weighted by atomic mass is 79.9. The van der Waals surface area contributed by atoms with Gasteiger partial charge in [-0.1, -0.05) is 12.1 Å². The molecule has 3 heterocycles. The lowest BCUT2D eigenvalue weighted by Crippen LogP contribution is -2.28. The number of fused-ring (bicyclic) bond motifs is 1. The number of halogens is 1. The number of nitrogens with two attached hydrogens (primary N) is 2. The third-order valence-electron chi connectivity index (χ3n) is 6.39. The normalized spacial score (nSPS) is 20.8. The molecule has 0 bridgehead atoms. The Hall–Kier alpha value is -2.26. The van der Waals surface area contributed by atoms with Gasteiger partial charge >= 0.3 is 0 Å². The van der Waals surface area contributed by atoms with E-state index in [0.29, 0.717) is 11.8 Å². The van der Waals surface area contributed by atoms with Gasteiger partial charge in [0.1, 0.15) is 0 Å². The molecule has 5 rings (SSSR count). The van der Waals surface area contributed by atoms with Gasteiger partial charge in [-0.2, -0.15) is 5.10 Å². The Morgan fingerprint density at radius 2 is 1.97 bits per heavy atom. The first-order chi connectivity index (χ1) is 15.6. The van der Waals surface area contributed by atoms with Gasteiger partial charge in [0.15, 0.2) is 5.65 Å². The fourth-order valence-corrected chi connectivity index (χ4v) is 5.22. The van der Waals surface area contributed by atoms with E-state index < -0.39 is 0 Å². The Bertz CT molecular complexity index is 1100. The number of anilines is 1. The van der Waals surface area contributed by atoms with Crippen molar-refractivity contribution >= 4 is 32.8 Å². The van der Waals surface area contributed by atoms with Gasteiger partial charge in [0.05, 0.1) is 22.1 Å². The molecule has 0 radical (unpaired) electrons. The van der Waals surface area contributed by atoms with Crippen LogP contribution in [0.2, 0.25) is 0 Å². The minimum atomic E-state index is 0.481. The molecule has 1 saturated carbocycles. The molecule has 32 heavy (non-hydrogen) atoms. The minimum absolute atomic E-state index is 0.481. The average molecular weight is 498 g/mol. The van der Waals surface area contributed by atoms with E-state index in [4.69, 9.17) is 10.7 Å². The number of rotatable bonds is 4. The van der Waals surface area contributed by atoms with Crippen LogP contribution < -0.4 is 21.9 Å². The average Bonchev–Trinajstić information content (AvgIpc) is 3.47. The van der Waals surface area contributed by atoms with Crippen molar-refractivity contribution in [1.82, 2.24) is 20.0 Å².